The second-order valence-corrected chi connectivity index (χ2v) is 8.06. The molecule has 0 atom stereocenters. The molecule has 0 aliphatic carbocycles. The summed E-state index contributed by atoms with van der Waals surface area (Å²) in [6.07, 6.45) is 0. The normalized spacial score (nSPS) is 11.4. The summed E-state index contributed by atoms with van der Waals surface area (Å²) >= 11 is 4.78. The molecule has 0 aliphatic rings. The van der Waals surface area contributed by atoms with Gasteiger partial charge in [-0.15, -0.1) is 11.3 Å². The van der Waals surface area contributed by atoms with E-state index in [1.165, 1.54) is 16.9 Å². The average molecular weight is 353 g/mol. The van der Waals surface area contributed by atoms with Gasteiger partial charge in [0.15, 0.2) is 6.61 Å². The fraction of sp³-hybridized carbons (Fsp3) is 0.312. The number of ketones is 1. The summed E-state index contributed by atoms with van der Waals surface area (Å²) in [6, 6.07) is 11.6. The summed E-state index contributed by atoms with van der Waals surface area (Å²) in [5.41, 5.74) is 1.27. The molecule has 2 aromatic rings. The van der Waals surface area contributed by atoms with Gasteiger partial charge >= 0.3 is 0 Å². The number of halogens is 1. The Morgan fingerprint density at radius 2 is 2.00 bits per heavy atom. The first-order chi connectivity index (χ1) is 9.36. The van der Waals surface area contributed by atoms with E-state index in [1.807, 2.05) is 30.3 Å². The van der Waals surface area contributed by atoms with Gasteiger partial charge in [-0.25, -0.2) is 0 Å². The van der Waals surface area contributed by atoms with E-state index in [0.717, 1.165) is 9.54 Å². The predicted molar refractivity (Wildman–Crippen MR) is 87.0 cm³/mol. The molecule has 0 amide bonds. The molecule has 2 rings (SSSR count). The highest BCUT2D eigenvalue weighted by atomic mass is 79.9. The van der Waals surface area contributed by atoms with Crippen LogP contribution in [0.15, 0.2) is 40.2 Å². The Bertz CT molecular complexity index is 611. The van der Waals surface area contributed by atoms with Crippen LogP contribution < -0.4 is 4.74 Å². The molecule has 0 saturated carbocycles. The molecule has 4 heteroatoms. The average Bonchev–Trinajstić information content (AvgIpc) is 2.82. The van der Waals surface area contributed by atoms with Gasteiger partial charge in [0.2, 0.25) is 5.78 Å². The molecule has 0 saturated heterocycles. The molecule has 1 aromatic carbocycles. The van der Waals surface area contributed by atoms with Crippen molar-refractivity contribution in [1.29, 1.82) is 0 Å². The minimum atomic E-state index is 0.00172. The monoisotopic (exact) mass is 352 g/mol. The number of Topliss-reactive ketones (excluding diaryl/α,β-unsaturated/α-hetero) is 1. The Balaban J connectivity index is 2.02. The largest absolute Gasteiger partial charge is 0.485 e. The molecule has 0 unspecified atom stereocenters. The maximum absolute atomic E-state index is 12.0. The van der Waals surface area contributed by atoms with Crippen LogP contribution in [0.4, 0.5) is 0 Å². The summed E-state index contributed by atoms with van der Waals surface area (Å²) in [6.45, 7) is 6.53. The van der Waals surface area contributed by atoms with E-state index in [0.29, 0.717) is 4.88 Å². The highest BCUT2D eigenvalue weighted by Crippen LogP contribution is 2.26. The van der Waals surface area contributed by atoms with Crippen molar-refractivity contribution in [2.45, 2.75) is 26.2 Å². The lowest BCUT2D eigenvalue weighted by Crippen LogP contribution is -2.13. The second-order valence-electron chi connectivity index (χ2n) is 5.59. The van der Waals surface area contributed by atoms with Crippen LogP contribution in [0.2, 0.25) is 0 Å². The van der Waals surface area contributed by atoms with Gasteiger partial charge in [-0.05, 0) is 51.2 Å². The molecule has 106 valence electrons. The van der Waals surface area contributed by atoms with Crippen LogP contribution in [0.5, 0.6) is 5.75 Å². The highest BCUT2D eigenvalue weighted by Gasteiger charge is 2.15. The van der Waals surface area contributed by atoms with Crippen molar-refractivity contribution in [1.82, 2.24) is 0 Å². The van der Waals surface area contributed by atoms with Gasteiger partial charge in [0.05, 0.1) is 8.66 Å². The van der Waals surface area contributed by atoms with Gasteiger partial charge in [-0.2, -0.15) is 0 Å². The molecular weight excluding hydrogens is 336 g/mol. The second kappa shape index (κ2) is 6.10. The van der Waals surface area contributed by atoms with E-state index in [9.17, 15) is 4.79 Å². The van der Waals surface area contributed by atoms with Crippen molar-refractivity contribution < 1.29 is 9.53 Å². The van der Waals surface area contributed by atoms with Gasteiger partial charge in [-0.1, -0.05) is 32.9 Å². The summed E-state index contributed by atoms with van der Waals surface area (Å²) in [7, 11) is 0. The Kier molecular flexibility index (Phi) is 4.66. The van der Waals surface area contributed by atoms with Crippen molar-refractivity contribution in [3.05, 3.63) is 50.6 Å². The first-order valence-corrected chi connectivity index (χ1v) is 7.99. The zero-order chi connectivity index (χ0) is 14.8. The molecule has 1 heterocycles. The van der Waals surface area contributed by atoms with E-state index >= 15 is 0 Å². The zero-order valence-electron chi connectivity index (χ0n) is 11.8. The van der Waals surface area contributed by atoms with E-state index in [2.05, 4.69) is 42.8 Å². The third-order valence-corrected chi connectivity index (χ3v) is 4.58. The van der Waals surface area contributed by atoms with Gasteiger partial charge in [0.1, 0.15) is 5.75 Å². The van der Waals surface area contributed by atoms with E-state index in [1.54, 1.807) is 0 Å². The number of hydrogen-bond acceptors (Lipinski definition) is 3. The van der Waals surface area contributed by atoms with Crippen molar-refractivity contribution in [3.63, 3.8) is 0 Å². The minimum absolute atomic E-state index is 0.00172. The third-order valence-electron chi connectivity index (χ3n) is 2.92. The van der Waals surface area contributed by atoms with Crippen LogP contribution in [0.3, 0.4) is 0 Å². The lowest BCUT2D eigenvalue weighted by molar-refractivity contribution is 0.0925. The van der Waals surface area contributed by atoms with Crippen LogP contribution in [-0.2, 0) is 5.41 Å². The molecule has 0 radical (unpaired) electrons. The molecule has 2 nitrogen and oxygen atoms in total. The Morgan fingerprint density at radius 3 is 2.60 bits per heavy atom. The van der Waals surface area contributed by atoms with E-state index in [-0.39, 0.29) is 17.8 Å². The number of thiophene rings is 1. The number of ether oxygens (including phenoxy) is 1. The predicted octanol–water partition coefficient (Wildman–Crippen LogP) is 5.07. The molecule has 0 bridgehead atoms. The van der Waals surface area contributed by atoms with Crippen LogP contribution in [0, 0.1) is 0 Å². The molecular formula is C16H17BrO2S. The highest BCUT2D eigenvalue weighted by molar-refractivity contribution is 9.11. The first-order valence-electron chi connectivity index (χ1n) is 6.38. The van der Waals surface area contributed by atoms with Gasteiger partial charge in [-0.3, -0.25) is 4.79 Å². The summed E-state index contributed by atoms with van der Waals surface area (Å²) in [5, 5.41) is 0. The van der Waals surface area contributed by atoms with Crippen LogP contribution in [-0.4, -0.2) is 12.4 Å². The van der Waals surface area contributed by atoms with Gasteiger partial charge in [0, 0.05) is 0 Å². The first kappa shape index (κ1) is 15.3. The Labute approximate surface area is 131 Å². The number of hydrogen-bond donors (Lipinski definition) is 0. The number of benzene rings is 1. The standard InChI is InChI=1S/C16H17BrO2S/c1-16(2,3)11-5-4-6-12(9-11)19-10-13(18)14-7-8-15(17)20-14/h4-9H,10H2,1-3H3. The molecule has 0 aliphatic heterocycles. The van der Waals surface area contributed by atoms with E-state index in [4.69, 9.17) is 4.74 Å². The fourth-order valence-corrected chi connectivity index (χ4v) is 3.05. The number of carbonyl (C=O) groups is 1. The molecule has 0 fully saturated rings. The summed E-state index contributed by atoms with van der Waals surface area (Å²) in [5.74, 6) is 0.739. The van der Waals surface area contributed by atoms with Crippen molar-refractivity contribution in [2.75, 3.05) is 6.61 Å². The third kappa shape index (κ3) is 3.93. The fourth-order valence-electron chi connectivity index (χ4n) is 1.74. The number of rotatable bonds is 4. The SMILES string of the molecule is CC(C)(C)c1cccc(OCC(=O)c2ccc(Br)s2)c1. The maximum atomic E-state index is 12.0. The smallest absolute Gasteiger partial charge is 0.210 e. The van der Waals surface area contributed by atoms with Gasteiger partial charge in [0.25, 0.3) is 0 Å². The zero-order valence-corrected chi connectivity index (χ0v) is 14.2. The molecule has 0 N–H and O–H groups in total. The summed E-state index contributed by atoms with van der Waals surface area (Å²) < 4.78 is 6.56. The minimum Gasteiger partial charge on any atom is -0.485 e. The summed E-state index contributed by atoms with van der Waals surface area (Å²) in [4.78, 5) is 12.7. The Hall–Kier alpha value is -1.13. The van der Waals surface area contributed by atoms with Crippen molar-refractivity contribution in [3.8, 4) is 5.75 Å². The van der Waals surface area contributed by atoms with Crippen molar-refractivity contribution >= 4 is 33.0 Å². The van der Waals surface area contributed by atoms with E-state index < -0.39 is 0 Å². The van der Waals surface area contributed by atoms with Crippen LogP contribution >= 0.6 is 27.3 Å². The Morgan fingerprint density at radius 1 is 1.25 bits per heavy atom. The van der Waals surface area contributed by atoms with Crippen LogP contribution in [0.25, 0.3) is 0 Å². The van der Waals surface area contributed by atoms with Crippen molar-refractivity contribution in [2.24, 2.45) is 0 Å². The van der Waals surface area contributed by atoms with Crippen LogP contribution in [0.1, 0.15) is 36.0 Å². The maximum Gasteiger partial charge on any atom is 0.210 e. The lowest BCUT2D eigenvalue weighted by atomic mass is 9.87. The molecule has 0 spiro atoms. The quantitative estimate of drug-likeness (QED) is 0.718. The lowest BCUT2D eigenvalue weighted by Gasteiger charge is -2.19. The topological polar surface area (TPSA) is 26.3 Å². The number of carbonyl (C=O) groups excluding carboxylic acids is 1. The molecule has 20 heavy (non-hydrogen) atoms. The molecule has 1 aromatic heterocycles. The van der Waals surface area contributed by atoms with Gasteiger partial charge < -0.3 is 4.74 Å².